The smallest absolute Gasteiger partial charge is 0.408 e. The number of alkyl carbamates (subject to hydrolysis) is 1. The van der Waals surface area contributed by atoms with E-state index in [2.05, 4.69) is 34.8 Å². The minimum absolute atomic E-state index is 0.0308. The molecule has 0 aromatic heterocycles. The summed E-state index contributed by atoms with van der Waals surface area (Å²) in [6.45, 7) is 12.5. The van der Waals surface area contributed by atoms with Gasteiger partial charge in [0.05, 0.1) is 6.04 Å². The van der Waals surface area contributed by atoms with Gasteiger partial charge in [0.2, 0.25) is 17.7 Å². The third-order valence-electron chi connectivity index (χ3n) is 9.35. The lowest BCUT2D eigenvalue weighted by atomic mass is 9.85. The van der Waals surface area contributed by atoms with Crippen LogP contribution in [0.15, 0.2) is 4.99 Å². The summed E-state index contributed by atoms with van der Waals surface area (Å²) in [5.74, 6) is -0.198. The fraction of sp³-hybridized carbons (Fsp3) is 0.828. The molecule has 4 rings (SSSR count). The van der Waals surface area contributed by atoms with Gasteiger partial charge >= 0.3 is 6.09 Å². The van der Waals surface area contributed by atoms with Crippen molar-refractivity contribution in [2.45, 2.75) is 103 Å². The molecule has 4 aliphatic rings. The van der Waals surface area contributed by atoms with Crippen LogP contribution >= 0.6 is 0 Å². The molecule has 4 fully saturated rings. The number of hydrogen-bond donors (Lipinski definition) is 3. The van der Waals surface area contributed by atoms with Crippen molar-refractivity contribution in [3.8, 4) is 0 Å². The average molecular weight is 546 g/mol. The molecule has 1 saturated carbocycles. The largest absolute Gasteiger partial charge is 0.444 e. The Bertz CT molecular complexity index is 1020. The Balaban J connectivity index is 1.65. The van der Waals surface area contributed by atoms with Gasteiger partial charge in [-0.2, -0.15) is 0 Å². The van der Waals surface area contributed by atoms with Crippen LogP contribution in [-0.2, 0) is 19.1 Å². The van der Waals surface area contributed by atoms with Crippen LogP contribution in [0.3, 0.4) is 0 Å². The van der Waals surface area contributed by atoms with Crippen LogP contribution < -0.4 is 16.0 Å². The van der Waals surface area contributed by atoms with E-state index in [-0.39, 0.29) is 46.8 Å². The Morgan fingerprint density at radius 3 is 2.51 bits per heavy atom. The second kappa shape index (κ2) is 10.7. The topological polar surface area (TPSA) is 129 Å². The molecule has 3 saturated heterocycles. The summed E-state index contributed by atoms with van der Waals surface area (Å²) in [4.78, 5) is 59.6. The number of rotatable bonds is 2. The molecular formula is C29H47N5O5. The van der Waals surface area contributed by atoms with Gasteiger partial charge in [0.1, 0.15) is 17.2 Å². The van der Waals surface area contributed by atoms with Gasteiger partial charge in [-0.15, -0.1) is 0 Å². The number of nitrogens with zero attached hydrogens (tertiary/aromatic N) is 2. The molecule has 1 aliphatic carbocycles. The van der Waals surface area contributed by atoms with E-state index >= 15 is 0 Å². The number of piperidine rings is 1. The van der Waals surface area contributed by atoms with E-state index in [0.717, 1.165) is 25.7 Å². The van der Waals surface area contributed by atoms with Crippen LogP contribution in [-0.4, -0.2) is 78.3 Å². The van der Waals surface area contributed by atoms with Crippen molar-refractivity contribution in [1.29, 1.82) is 0 Å². The molecule has 0 spiro atoms. The Hall–Kier alpha value is -2.65. The zero-order chi connectivity index (χ0) is 28.8. The number of aliphatic imine (C=N–C) groups is 1. The Morgan fingerprint density at radius 2 is 1.85 bits per heavy atom. The zero-order valence-electron chi connectivity index (χ0n) is 24.6. The second-order valence-electron chi connectivity index (χ2n) is 13.8. The molecule has 0 bridgehead atoms. The van der Waals surface area contributed by atoms with Crippen molar-refractivity contribution in [3.63, 3.8) is 0 Å². The predicted molar refractivity (Wildman–Crippen MR) is 148 cm³/mol. The van der Waals surface area contributed by atoms with E-state index in [9.17, 15) is 19.2 Å². The molecule has 39 heavy (non-hydrogen) atoms. The lowest BCUT2D eigenvalue weighted by molar-refractivity contribution is -0.145. The Kier molecular flexibility index (Phi) is 8.07. The summed E-state index contributed by atoms with van der Waals surface area (Å²) in [5.41, 5.74) is -1.97. The van der Waals surface area contributed by atoms with Crippen molar-refractivity contribution < 1.29 is 23.9 Å². The lowest BCUT2D eigenvalue weighted by Gasteiger charge is -2.38. The van der Waals surface area contributed by atoms with Crippen molar-refractivity contribution in [2.24, 2.45) is 34.1 Å². The second-order valence-corrected chi connectivity index (χ2v) is 13.8. The Morgan fingerprint density at radius 1 is 1.13 bits per heavy atom. The van der Waals surface area contributed by atoms with E-state index in [0.29, 0.717) is 25.9 Å². The van der Waals surface area contributed by atoms with Gasteiger partial charge in [-0.05, 0) is 70.1 Å². The van der Waals surface area contributed by atoms with Gasteiger partial charge < -0.3 is 25.6 Å². The highest BCUT2D eigenvalue weighted by Crippen LogP contribution is 2.65. The molecule has 3 aliphatic heterocycles. The minimum Gasteiger partial charge on any atom is -0.444 e. The number of nitrogens with one attached hydrogen (secondary N) is 3. The SMILES string of the molecule is CN=C[C@@H]1C[C@@H]2C(=O)NC[C@@H]2CCCCC[C@](C)(NC(=O)OC(C)(C)C)C(=O)N2C[C@H]3[C@@H]([C@H]2C(=O)N1)C3(C)C. The van der Waals surface area contributed by atoms with Crippen molar-refractivity contribution in [2.75, 3.05) is 20.1 Å². The highest BCUT2D eigenvalue weighted by molar-refractivity contribution is 5.96. The van der Waals surface area contributed by atoms with E-state index in [1.807, 2.05) is 0 Å². The normalized spacial score (nSPS) is 37.1. The maximum atomic E-state index is 14.2. The van der Waals surface area contributed by atoms with Gasteiger partial charge in [-0.3, -0.25) is 19.4 Å². The fourth-order valence-corrected chi connectivity index (χ4v) is 7.13. The number of hydrogen-bond acceptors (Lipinski definition) is 6. The van der Waals surface area contributed by atoms with Crippen LogP contribution in [0.5, 0.6) is 0 Å². The van der Waals surface area contributed by atoms with Crippen LogP contribution in [0.25, 0.3) is 0 Å². The molecule has 10 nitrogen and oxygen atoms in total. The summed E-state index contributed by atoms with van der Waals surface area (Å²) >= 11 is 0. The fourth-order valence-electron chi connectivity index (χ4n) is 7.13. The molecule has 0 aromatic rings. The summed E-state index contributed by atoms with van der Waals surface area (Å²) < 4.78 is 5.52. The highest BCUT2D eigenvalue weighted by atomic mass is 16.6. The average Bonchev–Trinajstić information content (AvgIpc) is 3.13. The van der Waals surface area contributed by atoms with Gasteiger partial charge in [0, 0.05) is 32.3 Å². The third-order valence-corrected chi connectivity index (χ3v) is 9.35. The third kappa shape index (κ3) is 6.09. The summed E-state index contributed by atoms with van der Waals surface area (Å²) in [5, 5.41) is 9.02. The summed E-state index contributed by atoms with van der Waals surface area (Å²) in [7, 11) is 1.66. The van der Waals surface area contributed by atoms with Crippen LogP contribution in [0.2, 0.25) is 0 Å². The van der Waals surface area contributed by atoms with Gasteiger partial charge in [0.15, 0.2) is 0 Å². The van der Waals surface area contributed by atoms with Gasteiger partial charge in [-0.1, -0.05) is 33.1 Å². The van der Waals surface area contributed by atoms with E-state index in [1.54, 1.807) is 45.9 Å². The number of amides is 4. The lowest BCUT2D eigenvalue weighted by Crippen LogP contribution is -2.62. The van der Waals surface area contributed by atoms with Crippen LogP contribution in [0.4, 0.5) is 4.79 Å². The molecular weight excluding hydrogens is 498 g/mol. The van der Waals surface area contributed by atoms with Crippen molar-refractivity contribution in [1.82, 2.24) is 20.9 Å². The quantitative estimate of drug-likeness (QED) is 0.460. The highest BCUT2D eigenvalue weighted by Gasteiger charge is 2.70. The molecule has 4 amide bonds. The van der Waals surface area contributed by atoms with Crippen molar-refractivity contribution in [3.05, 3.63) is 0 Å². The van der Waals surface area contributed by atoms with Crippen LogP contribution in [0, 0.1) is 29.1 Å². The van der Waals surface area contributed by atoms with E-state index in [4.69, 9.17) is 4.74 Å². The van der Waals surface area contributed by atoms with Gasteiger partial charge in [0.25, 0.3) is 0 Å². The first-order chi connectivity index (χ1) is 18.2. The standard InChI is InChI=1S/C29H47N5O5/c1-27(2,3)39-26(38)33-29(6)12-10-8-9-11-17-14-31-23(35)19(17)13-18(15-30-7)32-24(36)22-21-20(28(21,4)5)16-34(22)25(29)37/h15,17-22H,8-14,16H2,1-7H3,(H,31,35)(H,32,36)(H,33,38)/t17-,18-,19-,20-,21-,22-,29-/m0/s1. The number of carbonyl (C=O) groups is 4. The number of carbonyl (C=O) groups excluding carboxylic acids is 4. The molecule has 0 aromatic carbocycles. The zero-order valence-corrected chi connectivity index (χ0v) is 24.6. The molecule has 218 valence electrons. The van der Waals surface area contributed by atoms with Gasteiger partial charge in [-0.25, -0.2) is 4.79 Å². The first kappa shape index (κ1) is 29.3. The van der Waals surface area contributed by atoms with Crippen molar-refractivity contribution >= 4 is 30.0 Å². The van der Waals surface area contributed by atoms with Crippen LogP contribution in [0.1, 0.15) is 80.1 Å². The predicted octanol–water partition coefficient (Wildman–Crippen LogP) is 2.65. The Labute approximate surface area is 232 Å². The molecule has 3 N–H and O–H groups in total. The molecule has 7 atom stereocenters. The number of ether oxygens (including phenoxy) is 1. The molecule has 10 heteroatoms. The maximum absolute atomic E-state index is 14.2. The minimum atomic E-state index is -1.21. The van der Waals surface area contributed by atoms with E-state index < -0.39 is 29.3 Å². The molecule has 0 radical (unpaired) electrons. The molecule has 0 unspecified atom stereocenters. The summed E-state index contributed by atoms with van der Waals surface area (Å²) in [6, 6.07) is -1.06. The molecule has 3 heterocycles. The maximum Gasteiger partial charge on any atom is 0.408 e. The monoisotopic (exact) mass is 545 g/mol. The number of fused-ring (bicyclic) bond motifs is 4. The first-order valence-corrected chi connectivity index (χ1v) is 14.5. The summed E-state index contributed by atoms with van der Waals surface area (Å²) in [6.07, 6.45) is 5.37. The van der Waals surface area contributed by atoms with E-state index in [1.165, 1.54) is 0 Å². The first-order valence-electron chi connectivity index (χ1n) is 14.5.